The minimum Gasteiger partial charge on any atom is -0.489 e. The second kappa shape index (κ2) is 6.94. The van der Waals surface area contributed by atoms with E-state index < -0.39 is 0 Å². The molecule has 100 valence electrons. The van der Waals surface area contributed by atoms with Crippen molar-refractivity contribution in [3.8, 4) is 5.75 Å². The van der Waals surface area contributed by atoms with Crippen LogP contribution in [0.1, 0.15) is 11.1 Å². The lowest BCUT2D eigenvalue weighted by Gasteiger charge is -2.12. The average molecular weight is 341 g/mol. The van der Waals surface area contributed by atoms with Gasteiger partial charge in [-0.25, -0.2) is 0 Å². The van der Waals surface area contributed by atoms with Crippen molar-refractivity contribution in [1.82, 2.24) is 5.32 Å². The van der Waals surface area contributed by atoms with Gasteiger partial charge in [0.1, 0.15) is 12.4 Å². The van der Waals surface area contributed by atoms with Crippen molar-refractivity contribution in [3.05, 3.63) is 63.1 Å². The Bertz CT molecular complexity index is 560. The third kappa shape index (κ3) is 3.96. The molecule has 19 heavy (non-hydrogen) atoms. The average Bonchev–Trinajstić information content (AvgIpc) is 2.40. The molecule has 2 rings (SSSR count). The SMILES string of the molecule is CNCc1ccccc1OCc1ccc(Br)cc1Cl. The van der Waals surface area contributed by atoms with Crippen molar-refractivity contribution in [2.24, 2.45) is 0 Å². The third-order valence-corrected chi connectivity index (χ3v) is 3.58. The number of nitrogens with one attached hydrogen (secondary N) is 1. The van der Waals surface area contributed by atoms with Crippen LogP contribution < -0.4 is 10.1 Å². The van der Waals surface area contributed by atoms with Gasteiger partial charge in [0.25, 0.3) is 0 Å². The van der Waals surface area contributed by atoms with Gasteiger partial charge in [-0.2, -0.15) is 0 Å². The topological polar surface area (TPSA) is 21.3 Å². The van der Waals surface area contributed by atoms with Gasteiger partial charge in [-0.1, -0.05) is 51.8 Å². The number of rotatable bonds is 5. The summed E-state index contributed by atoms with van der Waals surface area (Å²) in [6, 6.07) is 13.8. The summed E-state index contributed by atoms with van der Waals surface area (Å²) in [5, 5.41) is 3.84. The molecule has 1 N–H and O–H groups in total. The van der Waals surface area contributed by atoms with Gasteiger partial charge in [-0.05, 0) is 25.2 Å². The molecule has 0 radical (unpaired) electrons. The predicted octanol–water partition coefficient (Wildman–Crippen LogP) is 4.40. The van der Waals surface area contributed by atoms with Gasteiger partial charge in [0.05, 0.1) is 0 Å². The monoisotopic (exact) mass is 339 g/mol. The molecule has 0 aliphatic heterocycles. The summed E-state index contributed by atoms with van der Waals surface area (Å²) in [5.41, 5.74) is 2.11. The lowest BCUT2D eigenvalue weighted by atomic mass is 10.2. The summed E-state index contributed by atoms with van der Waals surface area (Å²) < 4.78 is 6.83. The smallest absolute Gasteiger partial charge is 0.124 e. The summed E-state index contributed by atoms with van der Waals surface area (Å²) in [6.45, 7) is 1.25. The molecule has 0 amide bonds. The molecule has 0 atom stereocenters. The lowest BCUT2D eigenvalue weighted by Crippen LogP contribution is -2.07. The van der Waals surface area contributed by atoms with Crippen LogP contribution >= 0.6 is 27.5 Å². The first kappa shape index (κ1) is 14.4. The summed E-state index contributed by atoms with van der Waals surface area (Å²) in [5.74, 6) is 0.885. The fourth-order valence-electron chi connectivity index (χ4n) is 1.78. The summed E-state index contributed by atoms with van der Waals surface area (Å²) >= 11 is 9.57. The predicted molar refractivity (Wildman–Crippen MR) is 82.7 cm³/mol. The largest absolute Gasteiger partial charge is 0.489 e. The van der Waals surface area contributed by atoms with Crippen molar-refractivity contribution in [1.29, 1.82) is 0 Å². The molecule has 0 fully saturated rings. The number of para-hydroxylation sites is 1. The fourth-order valence-corrected chi connectivity index (χ4v) is 2.50. The molecule has 0 aliphatic carbocycles. The molecule has 0 bridgehead atoms. The highest BCUT2D eigenvalue weighted by Gasteiger charge is 2.05. The highest BCUT2D eigenvalue weighted by Crippen LogP contribution is 2.24. The van der Waals surface area contributed by atoms with Crippen molar-refractivity contribution < 1.29 is 4.74 Å². The van der Waals surface area contributed by atoms with E-state index >= 15 is 0 Å². The second-order valence-electron chi connectivity index (χ2n) is 4.16. The molecular weight excluding hydrogens is 326 g/mol. The zero-order valence-corrected chi connectivity index (χ0v) is 13.0. The van der Waals surface area contributed by atoms with Crippen LogP contribution in [0.2, 0.25) is 5.02 Å². The Hall–Kier alpha value is -1.03. The molecule has 4 heteroatoms. The van der Waals surface area contributed by atoms with E-state index in [1.165, 1.54) is 0 Å². The minimum atomic E-state index is 0.465. The Balaban J connectivity index is 2.10. The van der Waals surface area contributed by atoms with E-state index in [2.05, 4.69) is 27.3 Å². The van der Waals surface area contributed by atoms with Crippen LogP contribution in [0.15, 0.2) is 46.9 Å². The Morgan fingerprint density at radius 3 is 2.68 bits per heavy atom. The highest BCUT2D eigenvalue weighted by atomic mass is 79.9. The third-order valence-electron chi connectivity index (χ3n) is 2.74. The summed E-state index contributed by atoms with van der Waals surface area (Å²) in [7, 11) is 1.92. The van der Waals surface area contributed by atoms with Crippen molar-refractivity contribution >= 4 is 27.5 Å². The summed E-state index contributed by atoms with van der Waals surface area (Å²) in [4.78, 5) is 0. The Kier molecular flexibility index (Phi) is 5.25. The van der Waals surface area contributed by atoms with E-state index in [4.69, 9.17) is 16.3 Å². The van der Waals surface area contributed by atoms with E-state index in [1.54, 1.807) is 0 Å². The zero-order valence-electron chi connectivity index (χ0n) is 10.6. The van der Waals surface area contributed by atoms with Crippen LogP contribution in [0.25, 0.3) is 0 Å². The second-order valence-corrected chi connectivity index (χ2v) is 5.49. The van der Waals surface area contributed by atoms with Gasteiger partial charge in [-0.15, -0.1) is 0 Å². The lowest BCUT2D eigenvalue weighted by molar-refractivity contribution is 0.302. The quantitative estimate of drug-likeness (QED) is 0.871. The Morgan fingerprint density at radius 2 is 1.95 bits per heavy atom. The van der Waals surface area contributed by atoms with Crippen molar-refractivity contribution in [2.45, 2.75) is 13.2 Å². The van der Waals surface area contributed by atoms with Gasteiger partial charge >= 0.3 is 0 Å². The Labute approximate surface area is 126 Å². The maximum absolute atomic E-state index is 6.17. The van der Waals surface area contributed by atoms with Gasteiger partial charge in [-0.3, -0.25) is 0 Å². The molecule has 0 aromatic heterocycles. The van der Waals surface area contributed by atoms with Gasteiger partial charge < -0.3 is 10.1 Å². The molecule has 2 nitrogen and oxygen atoms in total. The van der Waals surface area contributed by atoms with Crippen LogP contribution in [-0.4, -0.2) is 7.05 Å². The fraction of sp³-hybridized carbons (Fsp3) is 0.200. The standard InChI is InChI=1S/C15H15BrClNO/c1-18-9-11-4-2-3-5-15(11)19-10-12-6-7-13(16)8-14(12)17/h2-8,18H,9-10H2,1H3. The first-order valence-corrected chi connectivity index (χ1v) is 7.17. The maximum atomic E-state index is 6.17. The van der Waals surface area contributed by atoms with Crippen molar-refractivity contribution in [3.63, 3.8) is 0 Å². The number of hydrogen-bond acceptors (Lipinski definition) is 2. The highest BCUT2D eigenvalue weighted by molar-refractivity contribution is 9.10. The van der Waals surface area contributed by atoms with Gasteiger partial charge in [0.2, 0.25) is 0 Å². The molecule has 0 heterocycles. The number of ether oxygens (including phenoxy) is 1. The molecule has 2 aromatic rings. The van der Waals surface area contributed by atoms with Gasteiger partial charge in [0.15, 0.2) is 0 Å². The van der Waals surface area contributed by atoms with E-state index in [0.717, 1.165) is 27.9 Å². The van der Waals surface area contributed by atoms with E-state index in [0.29, 0.717) is 11.6 Å². The van der Waals surface area contributed by atoms with Crippen molar-refractivity contribution in [2.75, 3.05) is 7.05 Å². The zero-order chi connectivity index (χ0) is 13.7. The number of hydrogen-bond donors (Lipinski definition) is 1. The van der Waals surface area contributed by atoms with Crippen LogP contribution in [-0.2, 0) is 13.2 Å². The first-order valence-electron chi connectivity index (χ1n) is 6.00. The number of halogens is 2. The van der Waals surface area contributed by atoms with Gasteiger partial charge in [0, 0.05) is 27.2 Å². The first-order chi connectivity index (χ1) is 9.20. The maximum Gasteiger partial charge on any atom is 0.124 e. The molecule has 0 spiro atoms. The Morgan fingerprint density at radius 1 is 1.16 bits per heavy atom. The number of benzene rings is 2. The molecular formula is C15H15BrClNO. The van der Waals surface area contributed by atoms with E-state index in [1.807, 2.05) is 43.4 Å². The summed E-state index contributed by atoms with van der Waals surface area (Å²) in [6.07, 6.45) is 0. The minimum absolute atomic E-state index is 0.465. The molecule has 0 unspecified atom stereocenters. The van der Waals surface area contributed by atoms with Crippen LogP contribution in [0.3, 0.4) is 0 Å². The molecule has 0 saturated carbocycles. The molecule has 2 aromatic carbocycles. The van der Waals surface area contributed by atoms with Crippen LogP contribution in [0.5, 0.6) is 5.75 Å². The van der Waals surface area contributed by atoms with Crippen LogP contribution in [0.4, 0.5) is 0 Å². The molecule has 0 saturated heterocycles. The van der Waals surface area contributed by atoms with E-state index in [9.17, 15) is 0 Å². The molecule has 0 aliphatic rings. The van der Waals surface area contributed by atoms with E-state index in [-0.39, 0.29) is 0 Å². The normalized spacial score (nSPS) is 10.5. The van der Waals surface area contributed by atoms with Crippen LogP contribution in [0, 0.1) is 0 Å².